The van der Waals surface area contributed by atoms with E-state index in [4.69, 9.17) is 5.73 Å². The van der Waals surface area contributed by atoms with Gasteiger partial charge in [-0.25, -0.2) is 13.4 Å². The first-order valence-electron chi connectivity index (χ1n) is 4.50. The molecule has 80 valence electrons. The predicted octanol–water partition coefficient (Wildman–Crippen LogP) is 0.420. The van der Waals surface area contributed by atoms with Gasteiger partial charge in [0, 0.05) is 18.5 Å². The maximum Gasteiger partial charge on any atom is 0.200 e. The number of nitrogens with two attached hydrogens (primary N) is 1. The maximum absolute atomic E-state index is 11.3. The van der Waals surface area contributed by atoms with E-state index in [0.717, 1.165) is 0 Å². The van der Waals surface area contributed by atoms with Crippen molar-refractivity contribution in [1.29, 1.82) is 0 Å². The van der Waals surface area contributed by atoms with Crippen LogP contribution in [0.1, 0.15) is 19.5 Å². The highest BCUT2D eigenvalue weighted by Gasteiger charge is 2.12. The largest absolute Gasteiger partial charge is 0.369 e. The summed E-state index contributed by atoms with van der Waals surface area (Å²) in [6.07, 6.45) is 1.68. The quantitative estimate of drug-likeness (QED) is 0.792. The van der Waals surface area contributed by atoms with Gasteiger partial charge < -0.3 is 10.3 Å². The average molecular weight is 217 g/mol. The van der Waals surface area contributed by atoms with Gasteiger partial charge >= 0.3 is 0 Å². The monoisotopic (exact) mass is 217 g/mol. The number of aromatic nitrogens is 2. The highest BCUT2D eigenvalue weighted by molar-refractivity contribution is 7.90. The zero-order valence-electron chi connectivity index (χ0n) is 8.40. The molecule has 2 N–H and O–H groups in total. The first kappa shape index (κ1) is 11.0. The van der Waals surface area contributed by atoms with Crippen LogP contribution in [0.3, 0.4) is 0 Å². The molecule has 14 heavy (non-hydrogen) atoms. The fourth-order valence-corrected chi connectivity index (χ4v) is 1.93. The molecular weight excluding hydrogens is 202 g/mol. The Hall–Kier alpha value is -1.04. The fourth-order valence-electron chi connectivity index (χ4n) is 1.14. The summed E-state index contributed by atoms with van der Waals surface area (Å²) in [5.41, 5.74) is 6.09. The van der Waals surface area contributed by atoms with Crippen LogP contribution in [0.4, 0.5) is 5.95 Å². The number of rotatable bonds is 4. The summed E-state index contributed by atoms with van der Waals surface area (Å²) < 4.78 is 24.3. The number of anilines is 1. The Morgan fingerprint density at radius 3 is 2.57 bits per heavy atom. The van der Waals surface area contributed by atoms with Crippen LogP contribution >= 0.6 is 0 Å². The molecule has 1 rings (SSSR count). The topological polar surface area (TPSA) is 78.0 Å². The Morgan fingerprint density at radius 2 is 2.14 bits per heavy atom. The van der Waals surface area contributed by atoms with Crippen LogP contribution in [0.2, 0.25) is 0 Å². The van der Waals surface area contributed by atoms with Gasteiger partial charge in [0.1, 0.15) is 0 Å². The molecular formula is C8H15N3O2S. The normalized spacial score (nSPS) is 11.9. The summed E-state index contributed by atoms with van der Waals surface area (Å²) in [7, 11) is -3.02. The van der Waals surface area contributed by atoms with Gasteiger partial charge in [-0.2, -0.15) is 0 Å². The molecule has 6 heteroatoms. The van der Waals surface area contributed by atoms with E-state index >= 15 is 0 Å². The van der Waals surface area contributed by atoms with Gasteiger partial charge in [-0.3, -0.25) is 0 Å². The zero-order valence-corrected chi connectivity index (χ0v) is 9.21. The molecule has 0 aliphatic carbocycles. The number of imidazole rings is 1. The lowest BCUT2D eigenvalue weighted by atomic mass is 10.5. The van der Waals surface area contributed by atoms with E-state index in [9.17, 15) is 8.42 Å². The fraction of sp³-hybridized carbons (Fsp3) is 0.625. The Kier molecular flexibility index (Phi) is 3.15. The van der Waals surface area contributed by atoms with Crippen molar-refractivity contribution in [2.45, 2.75) is 26.1 Å². The summed E-state index contributed by atoms with van der Waals surface area (Å²) >= 11 is 0. The highest BCUT2D eigenvalue weighted by Crippen LogP contribution is 2.09. The molecule has 1 aromatic heterocycles. The minimum atomic E-state index is -3.02. The van der Waals surface area contributed by atoms with Crippen molar-refractivity contribution in [2.24, 2.45) is 0 Å². The van der Waals surface area contributed by atoms with Gasteiger partial charge in [0.25, 0.3) is 0 Å². The number of nitrogens with zero attached hydrogens (tertiary/aromatic N) is 2. The molecule has 0 radical (unpaired) electrons. The van der Waals surface area contributed by atoms with Crippen molar-refractivity contribution < 1.29 is 8.42 Å². The molecule has 0 spiro atoms. The summed E-state index contributed by atoms with van der Waals surface area (Å²) in [5.74, 6) is 0.473. The second-order valence-electron chi connectivity index (χ2n) is 3.05. The van der Waals surface area contributed by atoms with E-state index in [0.29, 0.717) is 18.2 Å². The predicted molar refractivity (Wildman–Crippen MR) is 55.5 cm³/mol. The van der Waals surface area contributed by atoms with Crippen molar-refractivity contribution in [1.82, 2.24) is 9.55 Å². The molecule has 0 fully saturated rings. The number of sulfone groups is 1. The second kappa shape index (κ2) is 4.00. The minimum Gasteiger partial charge on any atom is -0.369 e. The molecule has 0 aliphatic rings. The van der Waals surface area contributed by atoms with Gasteiger partial charge in [-0.1, -0.05) is 6.92 Å². The van der Waals surface area contributed by atoms with Gasteiger partial charge in [0.05, 0.1) is 11.4 Å². The SMILES string of the molecule is CCn1cc(CS(=O)(=O)CC)nc1N. The molecule has 0 bridgehead atoms. The molecule has 5 nitrogen and oxygen atoms in total. The zero-order chi connectivity index (χ0) is 10.8. The molecule has 0 saturated heterocycles. The molecule has 0 aromatic carbocycles. The first-order valence-corrected chi connectivity index (χ1v) is 6.32. The summed E-state index contributed by atoms with van der Waals surface area (Å²) in [6, 6.07) is 0. The average Bonchev–Trinajstić information content (AvgIpc) is 2.45. The van der Waals surface area contributed by atoms with E-state index in [2.05, 4.69) is 4.98 Å². The number of nitrogen functional groups attached to an aromatic ring is 1. The molecule has 1 aromatic rings. The standard InChI is InChI=1S/C8H15N3O2S/c1-3-11-5-7(10-8(11)9)6-14(12,13)4-2/h5H,3-4,6H2,1-2H3,(H2,9,10). The third-order valence-corrected chi connectivity index (χ3v) is 3.62. The smallest absolute Gasteiger partial charge is 0.200 e. The molecule has 0 unspecified atom stereocenters. The van der Waals surface area contributed by atoms with Crippen LogP contribution in [0, 0.1) is 0 Å². The third kappa shape index (κ3) is 2.47. The molecule has 0 amide bonds. The van der Waals surface area contributed by atoms with E-state index in [1.54, 1.807) is 17.7 Å². The van der Waals surface area contributed by atoms with Crippen molar-refractivity contribution in [3.05, 3.63) is 11.9 Å². The minimum absolute atomic E-state index is 0.0271. The van der Waals surface area contributed by atoms with Gasteiger partial charge in [-0.15, -0.1) is 0 Å². The summed E-state index contributed by atoms with van der Waals surface area (Å²) in [6.45, 7) is 4.25. The summed E-state index contributed by atoms with van der Waals surface area (Å²) in [5, 5.41) is 0. The molecule has 1 heterocycles. The Labute approximate surface area is 83.9 Å². The lowest BCUT2D eigenvalue weighted by molar-refractivity contribution is 0.596. The van der Waals surface area contributed by atoms with Gasteiger partial charge in [0.2, 0.25) is 0 Å². The van der Waals surface area contributed by atoms with Crippen molar-refractivity contribution in [3.8, 4) is 0 Å². The second-order valence-corrected chi connectivity index (χ2v) is 5.41. The van der Waals surface area contributed by atoms with Crippen LogP contribution in [0.15, 0.2) is 6.20 Å². The Bertz CT molecular complexity index is 408. The van der Waals surface area contributed by atoms with Crippen molar-refractivity contribution in [2.75, 3.05) is 11.5 Å². The maximum atomic E-state index is 11.3. The number of hydrogen-bond acceptors (Lipinski definition) is 4. The molecule has 0 saturated carbocycles. The van der Waals surface area contributed by atoms with Crippen molar-refractivity contribution >= 4 is 15.8 Å². The van der Waals surface area contributed by atoms with Crippen LogP contribution in [0.25, 0.3) is 0 Å². The Balaban J connectivity index is 2.88. The van der Waals surface area contributed by atoms with Crippen molar-refractivity contribution in [3.63, 3.8) is 0 Å². The van der Waals surface area contributed by atoms with Crippen LogP contribution in [0.5, 0.6) is 0 Å². The van der Waals surface area contributed by atoms with Crippen LogP contribution in [-0.4, -0.2) is 23.7 Å². The van der Waals surface area contributed by atoms with E-state index in [1.807, 2.05) is 6.92 Å². The first-order chi connectivity index (χ1) is 6.48. The Morgan fingerprint density at radius 1 is 1.50 bits per heavy atom. The van der Waals surface area contributed by atoms with E-state index in [1.165, 1.54) is 0 Å². The number of hydrogen-bond donors (Lipinski definition) is 1. The third-order valence-electron chi connectivity index (χ3n) is 2.01. The van der Waals surface area contributed by atoms with Crippen LogP contribution < -0.4 is 5.73 Å². The molecule has 0 aliphatic heterocycles. The van der Waals surface area contributed by atoms with Gasteiger partial charge in [0.15, 0.2) is 15.8 Å². The molecule has 0 atom stereocenters. The van der Waals surface area contributed by atoms with Crippen LogP contribution in [-0.2, 0) is 22.1 Å². The lowest BCUT2D eigenvalue weighted by Crippen LogP contribution is -2.06. The van der Waals surface area contributed by atoms with E-state index in [-0.39, 0.29) is 11.5 Å². The van der Waals surface area contributed by atoms with Gasteiger partial charge in [-0.05, 0) is 6.92 Å². The number of aryl methyl sites for hydroxylation is 1. The van der Waals surface area contributed by atoms with E-state index < -0.39 is 9.84 Å². The highest BCUT2D eigenvalue weighted by atomic mass is 32.2. The lowest BCUT2D eigenvalue weighted by Gasteiger charge is -1.96. The summed E-state index contributed by atoms with van der Waals surface area (Å²) in [4.78, 5) is 3.98.